The average molecular weight is 658 g/mol. The minimum atomic E-state index is -4.56. The quantitative estimate of drug-likeness (QED) is 0.224. The molecule has 222 valence electrons. The zero-order valence-corrected chi connectivity index (χ0v) is 23.3. The van der Waals surface area contributed by atoms with Crippen molar-refractivity contribution >= 4 is 27.9 Å². The number of benzene rings is 2. The summed E-state index contributed by atoms with van der Waals surface area (Å²) in [4.78, 5) is 28.2. The smallest absolute Gasteiger partial charge is 0.416 e. The first-order chi connectivity index (χ1) is 19.7. The summed E-state index contributed by atoms with van der Waals surface area (Å²) in [5.41, 5.74) is 4.80. The molecule has 0 saturated carbocycles. The molecule has 2 aromatic heterocycles. The topological polar surface area (TPSA) is 134 Å². The van der Waals surface area contributed by atoms with Gasteiger partial charge in [0, 0.05) is 30.9 Å². The summed E-state index contributed by atoms with van der Waals surface area (Å²) in [6, 6.07) is 5.65. The average Bonchev–Trinajstić information content (AvgIpc) is 3.46. The van der Waals surface area contributed by atoms with E-state index >= 15 is 0 Å². The van der Waals surface area contributed by atoms with E-state index in [1.54, 1.807) is 24.9 Å². The van der Waals surface area contributed by atoms with Crippen LogP contribution in [-0.2, 0) is 24.5 Å². The van der Waals surface area contributed by atoms with Crippen molar-refractivity contribution in [3.63, 3.8) is 0 Å². The minimum Gasteiger partial charge on any atom is -0.474 e. The number of ether oxygens (including phenoxy) is 2. The Hall–Kier alpha value is -4.47. The van der Waals surface area contributed by atoms with Gasteiger partial charge in [0.1, 0.15) is 23.7 Å². The lowest BCUT2D eigenvalue weighted by atomic mass is 10.1. The molecule has 10 nitrogen and oxygen atoms in total. The summed E-state index contributed by atoms with van der Waals surface area (Å²) in [6.45, 7) is 1.19. The number of nitrogens with two attached hydrogens (primary N) is 1. The van der Waals surface area contributed by atoms with Gasteiger partial charge in [-0.2, -0.15) is 18.3 Å². The molecule has 16 heteroatoms. The Kier molecular flexibility index (Phi) is 8.84. The number of oxazole rings is 1. The van der Waals surface area contributed by atoms with Crippen LogP contribution in [0.2, 0.25) is 0 Å². The van der Waals surface area contributed by atoms with Crippen LogP contribution in [0.15, 0.2) is 51.7 Å². The third-order valence-corrected chi connectivity index (χ3v) is 6.38. The van der Waals surface area contributed by atoms with Crippen LogP contribution in [0.4, 0.5) is 26.7 Å². The van der Waals surface area contributed by atoms with Crippen molar-refractivity contribution in [2.24, 2.45) is 12.8 Å². The molecule has 2 amide bonds. The van der Waals surface area contributed by atoms with E-state index in [-0.39, 0.29) is 28.4 Å². The van der Waals surface area contributed by atoms with E-state index in [0.717, 1.165) is 36.4 Å². The molecule has 0 aliphatic heterocycles. The summed E-state index contributed by atoms with van der Waals surface area (Å²) in [5.74, 6) is -4.98. The molecule has 0 bridgehead atoms. The summed E-state index contributed by atoms with van der Waals surface area (Å²) in [7, 11) is 1.71. The van der Waals surface area contributed by atoms with E-state index in [2.05, 4.69) is 31.3 Å². The van der Waals surface area contributed by atoms with Gasteiger partial charge in [-0.15, -0.1) is 0 Å². The Morgan fingerprint density at radius 3 is 2.45 bits per heavy atom. The fourth-order valence-electron chi connectivity index (χ4n) is 3.80. The number of hydrogen-bond acceptors (Lipinski definition) is 7. The molecule has 4 rings (SSSR count). The van der Waals surface area contributed by atoms with E-state index < -0.39 is 59.4 Å². The number of halogens is 6. The fourth-order valence-corrected chi connectivity index (χ4v) is 4.28. The standard InChI is InChI=1S/C26H21BrF5N5O5/c1-12-14(10-37(2)36-12)9-34-25(39)40-11-18(41-17-8-7-16(28)19(20(17)29)23(33)38)24-35-21(22(27)42-24)13-3-5-15(6-4-13)26(30,31)32/h3-8,10,18H,9,11H2,1-2H3,(H2,33,38)(H,34,39). The lowest BCUT2D eigenvalue weighted by Crippen LogP contribution is -2.27. The highest BCUT2D eigenvalue weighted by Gasteiger charge is 2.31. The number of amides is 2. The van der Waals surface area contributed by atoms with Gasteiger partial charge in [0.05, 0.1) is 11.3 Å². The molecule has 4 aromatic rings. The van der Waals surface area contributed by atoms with E-state index in [4.69, 9.17) is 19.6 Å². The number of primary amides is 1. The molecule has 0 aliphatic rings. The number of carbonyl (C=O) groups is 2. The number of aromatic nitrogens is 3. The molecule has 2 heterocycles. The molecule has 1 unspecified atom stereocenters. The number of alkyl halides is 3. The number of rotatable bonds is 9. The molecular weight excluding hydrogens is 637 g/mol. The van der Waals surface area contributed by atoms with Crippen LogP contribution in [0.3, 0.4) is 0 Å². The van der Waals surface area contributed by atoms with Gasteiger partial charge in [-0.05, 0) is 47.1 Å². The largest absolute Gasteiger partial charge is 0.474 e. The fraction of sp³-hybridized carbons (Fsp3) is 0.231. The lowest BCUT2D eigenvalue weighted by Gasteiger charge is -2.18. The maximum Gasteiger partial charge on any atom is 0.416 e. The van der Waals surface area contributed by atoms with Gasteiger partial charge in [-0.25, -0.2) is 18.6 Å². The number of alkyl carbamates (subject to hydrolysis) is 1. The second-order valence-electron chi connectivity index (χ2n) is 8.82. The van der Waals surface area contributed by atoms with Gasteiger partial charge in [-0.3, -0.25) is 9.48 Å². The van der Waals surface area contributed by atoms with Gasteiger partial charge < -0.3 is 24.9 Å². The molecule has 0 saturated heterocycles. The summed E-state index contributed by atoms with van der Waals surface area (Å²) in [6.07, 6.45) is -5.24. The number of carbonyl (C=O) groups excluding carboxylic acids is 2. The first kappa shape index (κ1) is 30.5. The van der Waals surface area contributed by atoms with Crippen LogP contribution in [0, 0.1) is 18.6 Å². The highest BCUT2D eigenvalue weighted by molar-refractivity contribution is 9.10. The van der Waals surface area contributed by atoms with Gasteiger partial charge in [0.2, 0.25) is 12.0 Å². The Morgan fingerprint density at radius 1 is 1.17 bits per heavy atom. The lowest BCUT2D eigenvalue weighted by molar-refractivity contribution is -0.137. The highest BCUT2D eigenvalue weighted by atomic mass is 79.9. The zero-order chi connectivity index (χ0) is 30.8. The van der Waals surface area contributed by atoms with E-state index in [0.29, 0.717) is 11.3 Å². The predicted octanol–water partition coefficient (Wildman–Crippen LogP) is 5.59. The number of aryl methyl sites for hydroxylation is 2. The van der Waals surface area contributed by atoms with Crippen LogP contribution in [0.25, 0.3) is 11.3 Å². The molecular formula is C26H21BrF5N5O5. The second kappa shape index (κ2) is 12.2. The first-order valence-corrected chi connectivity index (χ1v) is 12.7. The molecule has 0 spiro atoms. The van der Waals surface area contributed by atoms with Crippen molar-refractivity contribution in [1.29, 1.82) is 0 Å². The van der Waals surface area contributed by atoms with Crippen LogP contribution in [0.5, 0.6) is 5.75 Å². The van der Waals surface area contributed by atoms with Gasteiger partial charge in [0.25, 0.3) is 5.91 Å². The van der Waals surface area contributed by atoms with Gasteiger partial charge in [-0.1, -0.05) is 12.1 Å². The third kappa shape index (κ3) is 6.87. The third-order valence-electron chi connectivity index (χ3n) is 5.84. The number of nitrogens with one attached hydrogen (secondary N) is 1. The molecule has 2 aromatic carbocycles. The molecule has 3 N–H and O–H groups in total. The maximum absolute atomic E-state index is 14.9. The van der Waals surface area contributed by atoms with Crippen molar-refractivity contribution in [2.75, 3.05) is 6.61 Å². The zero-order valence-electron chi connectivity index (χ0n) is 21.8. The highest BCUT2D eigenvalue weighted by Crippen LogP contribution is 2.36. The van der Waals surface area contributed by atoms with E-state index in [1.165, 1.54) is 0 Å². The second-order valence-corrected chi connectivity index (χ2v) is 9.54. The van der Waals surface area contributed by atoms with Crippen molar-refractivity contribution in [3.05, 3.63) is 87.2 Å². The predicted molar refractivity (Wildman–Crippen MR) is 139 cm³/mol. The van der Waals surface area contributed by atoms with Crippen molar-refractivity contribution < 1.29 is 45.4 Å². The summed E-state index contributed by atoms with van der Waals surface area (Å²) in [5, 5.41) is 6.68. The number of hydrogen-bond donors (Lipinski definition) is 2. The Labute approximate surface area is 242 Å². The van der Waals surface area contributed by atoms with E-state index in [1.807, 2.05) is 0 Å². The molecule has 0 fully saturated rings. The monoisotopic (exact) mass is 657 g/mol. The minimum absolute atomic E-state index is 0.0280. The van der Waals surface area contributed by atoms with E-state index in [9.17, 15) is 31.5 Å². The number of nitrogens with zero attached hydrogens (tertiary/aromatic N) is 3. The van der Waals surface area contributed by atoms with Gasteiger partial charge >= 0.3 is 12.3 Å². The molecule has 42 heavy (non-hydrogen) atoms. The summed E-state index contributed by atoms with van der Waals surface area (Å²) < 4.78 is 85.8. The van der Waals surface area contributed by atoms with Crippen molar-refractivity contribution in [2.45, 2.75) is 25.7 Å². The normalized spacial score (nSPS) is 12.2. The van der Waals surface area contributed by atoms with Crippen LogP contribution in [-0.4, -0.2) is 33.4 Å². The molecule has 0 radical (unpaired) electrons. The Balaban J connectivity index is 1.60. The van der Waals surface area contributed by atoms with Crippen LogP contribution < -0.4 is 15.8 Å². The van der Waals surface area contributed by atoms with Crippen molar-refractivity contribution in [1.82, 2.24) is 20.1 Å². The summed E-state index contributed by atoms with van der Waals surface area (Å²) >= 11 is 3.14. The first-order valence-electron chi connectivity index (χ1n) is 11.9. The SMILES string of the molecule is Cc1nn(C)cc1CNC(=O)OCC(Oc1ccc(F)c(C(N)=O)c1F)c1nc(-c2ccc(C(F)(F)F)cc2)c(Br)o1. The molecule has 1 atom stereocenters. The van der Waals surface area contributed by atoms with Crippen molar-refractivity contribution in [3.8, 4) is 17.0 Å². The Morgan fingerprint density at radius 2 is 1.86 bits per heavy atom. The molecule has 0 aliphatic carbocycles. The van der Waals surface area contributed by atoms with Crippen LogP contribution in [0.1, 0.15) is 39.2 Å². The van der Waals surface area contributed by atoms with Gasteiger partial charge in [0.15, 0.2) is 16.2 Å². The van der Waals surface area contributed by atoms with Crippen LogP contribution >= 0.6 is 15.9 Å². The Bertz CT molecular complexity index is 1620. The maximum atomic E-state index is 14.9.